The minimum absolute atomic E-state index is 1.06. The van der Waals surface area contributed by atoms with Gasteiger partial charge < -0.3 is 0 Å². The highest BCUT2D eigenvalue weighted by atomic mass is 14.7. The van der Waals surface area contributed by atoms with Gasteiger partial charge in [0.05, 0.1) is 5.52 Å². The first-order valence-electron chi connectivity index (χ1n) is 10.7. The van der Waals surface area contributed by atoms with E-state index in [0.29, 0.717) is 0 Å². The Morgan fingerprint density at radius 2 is 1.60 bits per heavy atom. The summed E-state index contributed by atoms with van der Waals surface area (Å²) in [5, 5.41) is 1.19. The number of allylic oxidation sites excluding steroid dienone is 3. The molecule has 1 heterocycles. The molecule has 0 amide bonds. The fraction of sp³-hybridized carbons (Fsp3) is 0.138. The Balaban J connectivity index is 1.87. The third kappa shape index (κ3) is 4.11. The quantitative estimate of drug-likeness (QED) is 0.304. The molecule has 0 spiro atoms. The summed E-state index contributed by atoms with van der Waals surface area (Å²) in [4.78, 5) is 4.77. The zero-order chi connectivity index (χ0) is 20.8. The van der Waals surface area contributed by atoms with E-state index in [1.165, 1.54) is 38.8 Å². The Bertz CT molecular complexity index is 1190. The normalized spacial score (nSPS) is 12.0. The number of aryl methyl sites for hydroxylation is 1. The number of pyridine rings is 1. The van der Waals surface area contributed by atoms with Gasteiger partial charge in [-0.2, -0.15) is 0 Å². The van der Waals surface area contributed by atoms with Gasteiger partial charge in [-0.15, -0.1) is 0 Å². The molecule has 4 aromatic rings. The van der Waals surface area contributed by atoms with Crippen LogP contribution in [0.5, 0.6) is 0 Å². The van der Waals surface area contributed by atoms with Gasteiger partial charge in [0.2, 0.25) is 0 Å². The van der Waals surface area contributed by atoms with Crippen LogP contribution in [0.4, 0.5) is 0 Å². The van der Waals surface area contributed by atoms with Crippen molar-refractivity contribution in [1.82, 2.24) is 4.98 Å². The maximum atomic E-state index is 4.77. The van der Waals surface area contributed by atoms with Crippen molar-refractivity contribution in [1.29, 1.82) is 0 Å². The molecule has 148 valence electrons. The highest BCUT2D eigenvalue weighted by molar-refractivity contribution is 5.99. The summed E-state index contributed by atoms with van der Waals surface area (Å²) < 4.78 is 0. The lowest BCUT2D eigenvalue weighted by Crippen LogP contribution is -1.95. The fourth-order valence-electron chi connectivity index (χ4n) is 3.91. The Labute approximate surface area is 179 Å². The van der Waals surface area contributed by atoms with Crippen molar-refractivity contribution in [2.24, 2.45) is 0 Å². The lowest BCUT2D eigenvalue weighted by molar-refractivity contribution is 0.959. The number of nitrogens with zero attached hydrogens (tertiary/aromatic N) is 1. The summed E-state index contributed by atoms with van der Waals surface area (Å²) in [6.45, 7) is 4.39. The van der Waals surface area contributed by atoms with Crippen molar-refractivity contribution in [3.05, 3.63) is 120 Å². The Kier molecular flexibility index (Phi) is 6.20. The van der Waals surface area contributed by atoms with Gasteiger partial charge in [-0.25, -0.2) is 0 Å². The number of unbranched alkanes of at least 4 members (excludes halogenated alkanes) is 1. The van der Waals surface area contributed by atoms with Gasteiger partial charge in [-0.1, -0.05) is 104 Å². The number of hydrogen-bond donors (Lipinski definition) is 0. The standard InChI is InChI=1S/C29H27N/c1-3-4-5-12-17-26(23-13-8-6-9-14-23)25-18-19-28-27(24-15-10-7-11-16-24)20-21-30-29(28)22(25)2/h5-21H,3-4H2,1-2H3/b12-5+,26-17-. The number of hydrogen-bond acceptors (Lipinski definition) is 1. The molecule has 0 fully saturated rings. The summed E-state index contributed by atoms with van der Waals surface area (Å²) in [6, 6.07) is 27.7. The molecule has 30 heavy (non-hydrogen) atoms. The highest BCUT2D eigenvalue weighted by Gasteiger charge is 2.13. The van der Waals surface area contributed by atoms with Gasteiger partial charge in [0.15, 0.2) is 0 Å². The molecule has 0 aliphatic heterocycles. The van der Waals surface area contributed by atoms with Crippen molar-refractivity contribution < 1.29 is 0 Å². The summed E-state index contributed by atoms with van der Waals surface area (Å²) in [5.41, 5.74) is 8.40. The van der Waals surface area contributed by atoms with Crippen LogP contribution in [0.15, 0.2) is 103 Å². The topological polar surface area (TPSA) is 12.9 Å². The molecular formula is C29H27N. The summed E-state index contributed by atoms with van der Waals surface area (Å²) in [7, 11) is 0. The van der Waals surface area contributed by atoms with Crippen LogP contribution in [0.2, 0.25) is 0 Å². The SMILES string of the molecule is CCC/C=C/C=C(/c1ccccc1)c1ccc2c(-c3ccccc3)ccnc2c1C. The van der Waals surface area contributed by atoms with Crippen LogP contribution >= 0.6 is 0 Å². The third-order valence-corrected chi connectivity index (χ3v) is 5.48. The molecule has 3 aromatic carbocycles. The number of aromatic nitrogens is 1. The van der Waals surface area contributed by atoms with E-state index in [4.69, 9.17) is 4.98 Å². The van der Waals surface area contributed by atoms with E-state index >= 15 is 0 Å². The van der Waals surface area contributed by atoms with E-state index in [9.17, 15) is 0 Å². The van der Waals surface area contributed by atoms with Crippen molar-refractivity contribution >= 4 is 16.5 Å². The summed E-state index contributed by atoms with van der Waals surface area (Å²) in [6.07, 6.45) is 10.8. The molecule has 1 nitrogen and oxygen atoms in total. The van der Waals surface area contributed by atoms with E-state index in [0.717, 1.165) is 18.4 Å². The monoisotopic (exact) mass is 389 g/mol. The lowest BCUT2D eigenvalue weighted by atomic mass is 9.90. The fourth-order valence-corrected chi connectivity index (χ4v) is 3.91. The van der Waals surface area contributed by atoms with Gasteiger partial charge >= 0.3 is 0 Å². The Morgan fingerprint density at radius 3 is 2.33 bits per heavy atom. The summed E-state index contributed by atoms with van der Waals surface area (Å²) >= 11 is 0. The van der Waals surface area contributed by atoms with Crippen molar-refractivity contribution in [3.8, 4) is 11.1 Å². The first-order valence-corrected chi connectivity index (χ1v) is 10.7. The zero-order valence-electron chi connectivity index (χ0n) is 17.7. The zero-order valence-corrected chi connectivity index (χ0v) is 17.7. The first-order chi connectivity index (χ1) is 14.8. The molecular weight excluding hydrogens is 362 g/mol. The summed E-state index contributed by atoms with van der Waals surface area (Å²) in [5.74, 6) is 0. The molecule has 0 aliphatic carbocycles. The first kappa shape index (κ1) is 19.8. The van der Waals surface area contributed by atoms with Crippen molar-refractivity contribution in [2.75, 3.05) is 0 Å². The highest BCUT2D eigenvalue weighted by Crippen LogP contribution is 2.34. The Morgan fingerprint density at radius 1 is 0.867 bits per heavy atom. The molecule has 0 N–H and O–H groups in total. The van der Waals surface area contributed by atoms with Gasteiger partial charge in [0, 0.05) is 11.6 Å². The van der Waals surface area contributed by atoms with E-state index in [2.05, 4.69) is 111 Å². The smallest absolute Gasteiger partial charge is 0.0743 e. The lowest BCUT2D eigenvalue weighted by Gasteiger charge is -2.15. The molecule has 0 saturated heterocycles. The average molecular weight is 390 g/mol. The number of rotatable bonds is 6. The van der Waals surface area contributed by atoms with E-state index < -0.39 is 0 Å². The number of fused-ring (bicyclic) bond motifs is 1. The molecule has 0 saturated carbocycles. The van der Waals surface area contributed by atoms with Gasteiger partial charge in [0.25, 0.3) is 0 Å². The van der Waals surface area contributed by atoms with Crippen LogP contribution < -0.4 is 0 Å². The van der Waals surface area contributed by atoms with E-state index in [1.54, 1.807) is 0 Å². The molecule has 0 atom stereocenters. The second-order valence-electron chi connectivity index (χ2n) is 7.52. The largest absolute Gasteiger partial charge is 0.256 e. The van der Waals surface area contributed by atoms with Gasteiger partial charge in [-0.3, -0.25) is 4.98 Å². The van der Waals surface area contributed by atoms with E-state index in [1.807, 2.05) is 6.20 Å². The van der Waals surface area contributed by atoms with Crippen LogP contribution in [0.1, 0.15) is 36.5 Å². The van der Waals surface area contributed by atoms with Crippen molar-refractivity contribution in [2.45, 2.75) is 26.7 Å². The third-order valence-electron chi connectivity index (χ3n) is 5.48. The number of benzene rings is 3. The second kappa shape index (κ2) is 9.37. The molecule has 0 aliphatic rings. The molecule has 1 aromatic heterocycles. The molecule has 4 rings (SSSR count). The molecule has 0 bridgehead atoms. The van der Waals surface area contributed by atoms with E-state index in [-0.39, 0.29) is 0 Å². The van der Waals surface area contributed by atoms with Crippen LogP contribution in [-0.2, 0) is 0 Å². The minimum atomic E-state index is 1.06. The molecule has 1 heteroatoms. The van der Waals surface area contributed by atoms with Crippen LogP contribution in [0.3, 0.4) is 0 Å². The molecule has 0 radical (unpaired) electrons. The second-order valence-corrected chi connectivity index (χ2v) is 7.52. The maximum Gasteiger partial charge on any atom is 0.0743 e. The van der Waals surface area contributed by atoms with Crippen LogP contribution in [0.25, 0.3) is 27.6 Å². The maximum absolute atomic E-state index is 4.77. The Hall–Kier alpha value is -3.45. The van der Waals surface area contributed by atoms with Crippen molar-refractivity contribution in [3.63, 3.8) is 0 Å². The van der Waals surface area contributed by atoms with Crippen LogP contribution in [0, 0.1) is 6.92 Å². The molecule has 0 unspecified atom stereocenters. The van der Waals surface area contributed by atoms with Gasteiger partial charge in [0.1, 0.15) is 0 Å². The van der Waals surface area contributed by atoms with Gasteiger partial charge in [-0.05, 0) is 52.8 Å². The predicted molar refractivity (Wildman–Crippen MR) is 129 cm³/mol. The predicted octanol–water partition coefficient (Wildman–Crippen LogP) is 8.00. The van der Waals surface area contributed by atoms with Crippen LogP contribution in [-0.4, -0.2) is 4.98 Å². The minimum Gasteiger partial charge on any atom is -0.256 e. The average Bonchev–Trinajstić information content (AvgIpc) is 2.81.